The highest BCUT2D eigenvalue weighted by Gasteiger charge is 2.18. The number of benzene rings is 1. The van der Waals surface area contributed by atoms with Crippen LogP contribution in [0.3, 0.4) is 0 Å². The SMILES string of the molecule is Cc1ccc2c(c1)CCCN2Cc1nnc(Cl)s1. The monoisotopic (exact) mass is 279 g/mol. The second-order valence-corrected chi connectivity index (χ2v) is 6.25. The van der Waals surface area contributed by atoms with Gasteiger partial charge in [-0.05, 0) is 43.0 Å². The van der Waals surface area contributed by atoms with Gasteiger partial charge in [0, 0.05) is 12.2 Å². The Balaban J connectivity index is 1.87. The molecule has 0 bridgehead atoms. The maximum atomic E-state index is 5.83. The smallest absolute Gasteiger partial charge is 0.207 e. The molecule has 3 nitrogen and oxygen atoms in total. The lowest BCUT2D eigenvalue weighted by molar-refractivity contribution is 0.686. The largest absolute Gasteiger partial charge is 0.364 e. The molecule has 0 saturated carbocycles. The first kappa shape index (κ1) is 11.9. The second kappa shape index (κ2) is 4.86. The number of aromatic nitrogens is 2. The van der Waals surface area contributed by atoms with E-state index in [0.717, 1.165) is 18.1 Å². The van der Waals surface area contributed by atoms with Crippen molar-refractivity contribution in [3.63, 3.8) is 0 Å². The number of halogens is 1. The Morgan fingerprint density at radius 1 is 1.39 bits per heavy atom. The lowest BCUT2D eigenvalue weighted by Gasteiger charge is -2.30. The molecule has 0 radical (unpaired) electrons. The van der Waals surface area contributed by atoms with Crippen LogP contribution < -0.4 is 4.90 Å². The van der Waals surface area contributed by atoms with Gasteiger partial charge in [-0.25, -0.2) is 0 Å². The summed E-state index contributed by atoms with van der Waals surface area (Å²) < 4.78 is 0.520. The number of anilines is 1. The zero-order valence-corrected chi connectivity index (χ0v) is 11.8. The third kappa shape index (κ3) is 2.35. The lowest BCUT2D eigenvalue weighted by Crippen LogP contribution is -2.28. The Hall–Kier alpha value is -1.13. The molecule has 2 aromatic rings. The highest BCUT2D eigenvalue weighted by atomic mass is 35.5. The molecule has 0 amide bonds. The molecule has 2 heterocycles. The summed E-state index contributed by atoms with van der Waals surface area (Å²) in [6, 6.07) is 6.67. The fraction of sp³-hybridized carbons (Fsp3) is 0.385. The first-order valence-corrected chi connectivity index (χ1v) is 7.24. The minimum atomic E-state index is 0.520. The number of hydrogen-bond acceptors (Lipinski definition) is 4. The van der Waals surface area contributed by atoms with E-state index in [2.05, 4.69) is 40.2 Å². The molecular weight excluding hydrogens is 266 g/mol. The fourth-order valence-corrected chi connectivity index (χ4v) is 3.31. The van der Waals surface area contributed by atoms with E-state index in [1.54, 1.807) is 0 Å². The summed E-state index contributed by atoms with van der Waals surface area (Å²) in [6.45, 7) is 4.03. The molecule has 0 aliphatic carbocycles. The molecular formula is C13H14ClN3S. The van der Waals surface area contributed by atoms with Crippen LogP contribution in [0.2, 0.25) is 4.47 Å². The molecule has 0 unspecified atom stereocenters. The molecule has 18 heavy (non-hydrogen) atoms. The van der Waals surface area contributed by atoms with Crippen LogP contribution >= 0.6 is 22.9 Å². The molecule has 0 saturated heterocycles. The fourth-order valence-electron chi connectivity index (χ4n) is 2.43. The van der Waals surface area contributed by atoms with E-state index in [1.807, 2.05) is 0 Å². The Kier molecular flexibility index (Phi) is 3.22. The van der Waals surface area contributed by atoms with E-state index in [4.69, 9.17) is 11.6 Å². The van der Waals surface area contributed by atoms with Crippen molar-refractivity contribution in [3.05, 3.63) is 38.8 Å². The highest BCUT2D eigenvalue weighted by Crippen LogP contribution is 2.30. The van der Waals surface area contributed by atoms with Crippen LogP contribution in [0.15, 0.2) is 18.2 Å². The first-order chi connectivity index (χ1) is 8.72. The molecule has 0 fully saturated rings. The zero-order chi connectivity index (χ0) is 12.5. The molecule has 94 valence electrons. The molecule has 0 N–H and O–H groups in total. The van der Waals surface area contributed by atoms with E-state index in [0.29, 0.717) is 4.47 Å². The van der Waals surface area contributed by atoms with Crippen molar-refractivity contribution in [1.82, 2.24) is 10.2 Å². The first-order valence-electron chi connectivity index (χ1n) is 6.05. The van der Waals surface area contributed by atoms with Crippen LogP contribution in [0.5, 0.6) is 0 Å². The predicted molar refractivity (Wildman–Crippen MR) is 75.5 cm³/mol. The van der Waals surface area contributed by atoms with Crippen LogP contribution in [0.1, 0.15) is 22.6 Å². The summed E-state index contributed by atoms with van der Waals surface area (Å²) in [5.41, 5.74) is 4.10. The van der Waals surface area contributed by atoms with Gasteiger partial charge >= 0.3 is 0 Å². The maximum Gasteiger partial charge on any atom is 0.207 e. The molecule has 1 aliphatic heterocycles. The van der Waals surface area contributed by atoms with Gasteiger partial charge in [0.2, 0.25) is 4.47 Å². The average molecular weight is 280 g/mol. The van der Waals surface area contributed by atoms with Gasteiger partial charge in [0.15, 0.2) is 0 Å². The van der Waals surface area contributed by atoms with Gasteiger partial charge in [0.1, 0.15) is 5.01 Å². The second-order valence-electron chi connectivity index (χ2n) is 4.61. The summed E-state index contributed by atoms with van der Waals surface area (Å²) >= 11 is 7.29. The summed E-state index contributed by atoms with van der Waals surface area (Å²) in [5.74, 6) is 0. The third-order valence-corrected chi connectivity index (χ3v) is 4.22. The van der Waals surface area contributed by atoms with Crippen molar-refractivity contribution in [2.24, 2.45) is 0 Å². The molecule has 5 heteroatoms. The average Bonchev–Trinajstić information content (AvgIpc) is 2.75. The van der Waals surface area contributed by atoms with Gasteiger partial charge in [-0.3, -0.25) is 0 Å². The van der Waals surface area contributed by atoms with Crippen molar-refractivity contribution in [1.29, 1.82) is 0 Å². The van der Waals surface area contributed by atoms with Gasteiger partial charge in [0.05, 0.1) is 6.54 Å². The van der Waals surface area contributed by atoms with Crippen LogP contribution in [0, 0.1) is 6.92 Å². The molecule has 1 aromatic carbocycles. The summed E-state index contributed by atoms with van der Waals surface area (Å²) in [5, 5.41) is 8.93. The maximum absolute atomic E-state index is 5.83. The quantitative estimate of drug-likeness (QED) is 0.843. The number of rotatable bonds is 2. The molecule has 1 aliphatic rings. The Morgan fingerprint density at radius 3 is 3.06 bits per heavy atom. The van der Waals surface area contributed by atoms with Crippen LogP contribution in [-0.4, -0.2) is 16.7 Å². The van der Waals surface area contributed by atoms with Crippen molar-refractivity contribution >= 4 is 28.6 Å². The van der Waals surface area contributed by atoms with E-state index < -0.39 is 0 Å². The Bertz CT molecular complexity index is 567. The summed E-state index contributed by atoms with van der Waals surface area (Å²) in [7, 11) is 0. The summed E-state index contributed by atoms with van der Waals surface area (Å²) in [6.07, 6.45) is 2.37. The Labute approximate surface area is 115 Å². The van der Waals surface area contributed by atoms with Crippen molar-refractivity contribution in [3.8, 4) is 0 Å². The number of aryl methyl sites for hydroxylation is 2. The van der Waals surface area contributed by atoms with Gasteiger partial charge in [-0.15, -0.1) is 10.2 Å². The Morgan fingerprint density at radius 2 is 2.28 bits per heavy atom. The van der Waals surface area contributed by atoms with Gasteiger partial charge < -0.3 is 4.90 Å². The number of hydrogen-bond donors (Lipinski definition) is 0. The summed E-state index contributed by atoms with van der Waals surface area (Å²) in [4.78, 5) is 2.37. The number of fused-ring (bicyclic) bond motifs is 1. The van der Waals surface area contributed by atoms with E-state index in [9.17, 15) is 0 Å². The van der Waals surface area contributed by atoms with Gasteiger partial charge in [0.25, 0.3) is 0 Å². The lowest BCUT2D eigenvalue weighted by atomic mass is 10.00. The van der Waals surface area contributed by atoms with E-state index in [1.165, 1.54) is 41.0 Å². The third-order valence-electron chi connectivity index (χ3n) is 3.22. The van der Waals surface area contributed by atoms with E-state index in [-0.39, 0.29) is 0 Å². The van der Waals surface area contributed by atoms with Crippen LogP contribution in [0.4, 0.5) is 5.69 Å². The minimum absolute atomic E-state index is 0.520. The molecule has 1 aromatic heterocycles. The van der Waals surface area contributed by atoms with E-state index >= 15 is 0 Å². The normalized spacial score (nSPS) is 14.7. The number of nitrogens with zero attached hydrogens (tertiary/aromatic N) is 3. The molecule has 0 spiro atoms. The zero-order valence-electron chi connectivity index (χ0n) is 10.2. The minimum Gasteiger partial charge on any atom is -0.364 e. The van der Waals surface area contributed by atoms with Crippen LogP contribution in [0.25, 0.3) is 0 Å². The van der Waals surface area contributed by atoms with Crippen LogP contribution in [-0.2, 0) is 13.0 Å². The van der Waals surface area contributed by atoms with Crippen molar-refractivity contribution < 1.29 is 0 Å². The van der Waals surface area contributed by atoms with Gasteiger partial charge in [-0.1, -0.05) is 29.0 Å². The molecule has 3 rings (SSSR count). The highest BCUT2D eigenvalue weighted by molar-refractivity contribution is 7.15. The predicted octanol–water partition coefficient (Wildman–Crippen LogP) is 3.45. The van der Waals surface area contributed by atoms with Gasteiger partial charge in [-0.2, -0.15) is 0 Å². The standard InChI is InChI=1S/C13H14ClN3S/c1-9-4-5-11-10(7-9)3-2-6-17(11)8-12-15-16-13(14)18-12/h4-5,7H,2-3,6,8H2,1H3. The van der Waals surface area contributed by atoms with Crippen molar-refractivity contribution in [2.75, 3.05) is 11.4 Å². The topological polar surface area (TPSA) is 29.0 Å². The molecule has 0 atom stereocenters. The van der Waals surface area contributed by atoms with Crippen molar-refractivity contribution in [2.45, 2.75) is 26.3 Å².